The van der Waals surface area contributed by atoms with Gasteiger partial charge in [0.2, 0.25) is 0 Å². The van der Waals surface area contributed by atoms with Gasteiger partial charge in [-0.05, 0) is 30.5 Å². The van der Waals surface area contributed by atoms with Crippen molar-refractivity contribution in [1.29, 1.82) is 0 Å². The van der Waals surface area contributed by atoms with Crippen LogP contribution in [0.4, 0.5) is 0 Å². The largest absolute Gasteiger partial charge is 0.487 e. The first kappa shape index (κ1) is 13.6. The SMILES string of the molecule is Cc1ncccc1OCc1c(C(=O)O)sc2ccccc12. The molecule has 2 heterocycles. The lowest BCUT2D eigenvalue weighted by Gasteiger charge is -2.08. The van der Waals surface area contributed by atoms with E-state index in [4.69, 9.17) is 4.74 Å². The summed E-state index contributed by atoms with van der Waals surface area (Å²) < 4.78 is 6.72. The minimum absolute atomic E-state index is 0.220. The summed E-state index contributed by atoms with van der Waals surface area (Å²) >= 11 is 1.28. The summed E-state index contributed by atoms with van der Waals surface area (Å²) in [6, 6.07) is 11.3. The third-order valence-corrected chi connectivity index (χ3v) is 4.42. The summed E-state index contributed by atoms with van der Waals surface area (Å²) in [5.74, 6) is -0.248. The monoisotopic (exact) mass is 299 g/mol. The molecule has 4 nitrogen and oxygen atoms in total. The number of aryl methyl sites for hydroxylation is 1. The summed E-state index contributed by atoms with van der Waals surface area (Å²) in [4.78, 5) is 15.9. The Hall–Kier alpha value is -2.40. The first-order valence-electron chi connectivity index (χ1n) is 6.45. The van der Waals surface area contributed by atoms with Crippen molar-refractivity contribution in [1.82, 2.24) is 4.98 Å². The number of aromatic nitrogens is 1. The van der Waals surface area contributed by atoms with Gasteiger partial charge in [-0.3, -0.25) is 4.98 Å². The normalized spacial score (nSPS) is 10.7. The number of fused-ring (bicyclic) bond motifs is 1. The van der Waals surface area contributed by atoms with Crippen LogP contribution in [0.15, 0.2) is 42.6 Å². The Morgan fingerprint density at radius 1 is 1.29 bits per heavy atom. The van der Waals surface area contributed by atoms with Crippen LogP contribution in [0.5, 0.6) is 5.75 Å². The van der Waals surface area contributed by atoms with Gasteiger partial charge in [0.1, 0.15) is 17.2 Å². The van der Waals surface area contributed by atoms with E-state index in [0.29, 0.717) is 16.2 Å². The number of carboxylic acids is 1. The van der Waals surface area contributed by atoms with Crippen molar-refractivity contribution in [2.45, 2.75) is 13.5 Å². The molecule has 2 aromatic heterocycles. The average molecular weight is 299 g/mol. The Labute approximate surface area is 125 Å². The fourth-order valence-corrected chi connectivity index (χ4v) is 3.23. The molecule has 3 rings (SSSR count). The van der Waals surface area contributed by atoms with Gasteiger partial charge in [-0.1, -0.05) is 18.2 Å². The van der Waals surface area contributed by atoms with E-state index in [1.54, 1.807) is 12.3 Å². The number of rotatable bonds is 4. The lowest BCUT2D eigenvalue weighted by atomic mass is 10.1. The third kappa shape index (κ3) is 2.60. The number of benzene rings is 1. The van der Waals surface area contributed by atoms with Crippen molar-refractivity contribution in [2.75, 3.05) is 0 Å². The molecule has 106 valence electrons. The van der Waals surface area contributed by atoms with Gasteiger partial charge in [-0.2, -0.15) is 0 Å². The molecule has 0 fully saturated rings. The molecule has 3 aromatic rings. The standard InChI is InChI=1S/C16H13NO3S/c1-10-13(6-4-8-17-10)20-9-12-11-5-2-3-7-14(11)21-15(12)16(18)19/h2-8H,9H2,1H3,(H,18,19). The molecular weight excluding hydrogens is 286 g/mol. The smallest absolute Gasteiger partial charge is 0.346 e. The highest BCUT2D eigenvalue weighted by molar-refractivity contribution is 7.21. The predicted molar refractivity (Wildman–Crippen MR) is 82.1 cm³/mol. The minimum Gasteiger partial charge on any atom is -0.487 e. The van der Waals surface area contributed by atoms with Crippen molar-refractivity contribution in [3.05, 3.63) is 58.7 Å². The Bertz CT molecular complexity index is 810. The number of carboxylic acid groups (broad SMARTS) is 1. The zero-order valence-corrected chi connectivity index (χ0v) is 12.2. The topological polar surface area (TPSA) is 59.4 Å². The van der Waals surface area contributed by atoms with Gasteiger partial charge in [0, 0.05) is 16.5 Å². The van der Waals surface area contributed by atoms with Gasteiger partial charge in [-0.25, -0.2) is 4.79 Å². The molecule has 0 saturated heterocycles. The van der Waals surface area contributed by atoms with Crippen LogP contribution in [-0.4, -0.2) is 16.1 Å². The number of hydrogen-bond acceptors (Lipinski definition) is 4. The van der Waals surface area contributed by atoms with E-state index in [9.17, 15) is 9.90 Å². The summed E-state index contributed by atoms with van der Waals surface area (Å²) in [6.07, 6.45) is 1.70. The molecular formula is C16H13NO3S. The lowest BCUT2D eigenvalue weighted by molar-refractivity contribution is 0.0699. The number of thiophene rings is 1. The fraction of sp³-hybridized carbons (Fsp3) is 0.125. The predicted octanol–water partition coefficient (Wildman–Crippen LogP) is 3.88. The van der Waals surface area contributed by atoms with E-state index in [1.165, 1.54) is 11.3 Å². The van der Waals surface area contributed by atoms with Crippen molar-refractivity contribution in [3.63, 3.8) is 0 Å². The first-order valence-corrected chi connectivity index (χ1v) is 7.26. The molecule has 0 bridgehead atoms. The first-order chi connectivity index (χ1) is 10.2. The molecule has 0 atom stereocenters. The molecule has 0 unspecified atom stereocenters. The average Bonchev–Trinajstić information content (AvgIpc) is 2.85. The number of aromatic carboxylic acids is 1. The molecule has 1 N–H and O–H groups in total. The van der Waals surface area contributed by atoms with E-state index < -0.39 is 5.97 Å². The zero-order valence-electron chi connectivity index (χ0n) is 11.4. The maximum atomic E-state index is 11.4. The molecule has 5 heteroatoms. The molecule has 1 aromatic carbocycles. The van der Waals surface area contributed by atoms with Crippen LogP contribution >= 0.6 is 11.3 Å². The molecule has 0 aliphatic carbocycles. The zero-order chi connectivity index (χ0) is 14.8. The second kappa shape index (κ2) is 5.54. The molecule has 0 saturated carbocycles. The fourth-order valence-electron chi connectivity index (χ4n) is 2.19. The van der Waals surface area contributed by atoms with Gasteiger partial charge >= 0.3 is 5.97 Å². The number of ether oxygens (including phenoxy) is 1. The molecule has 0 aliphatic rings. The van der Waals surface area contributed by atoms with Crippen LogP contribution in [0.3, 0.4) is 0 Å². The van der Waals surface area contributed by atoms with Gasteiger partial charge in [-0.15, -0.1) is 11.3 Å². The maximum absolute atomic E-state index is 11.4. The van der Waals surface area contributed by atoms with Crippen molar-refractivity contribution >= 4 is 27.4 Å². The summed E-state index contributed by atoms with van der Waals surface area (Å²) in [5, 5.41) is 10.3. The second-order valence-electron chi connectivity index (χ2n) is 4.59. The van der Waals surface area contributed by atoms with E-state index >= 15 is 0 Å². The molecule has 0 spiro atoms. The number of hydrogen-bond donors (Lipinski definition) is 1. The van der Waals surface area contributed by atoms with E-state index in [0.717, 1.165) is 15.8 Å². The van der Waals surface area contributed by atoms with Crippen molar-refractivity contribution in [2.24, 2.45) is 0 Å². The third-order valence-electron chi connectivity index (χ3n) is 3.22. The van der Waals surface area contributed by atoms with Crippen LogP contribution in [0, 0.1) is 6.92 Å². The van der Waals surface area contributed by atoms with Crippen molar-refractivity contribution in [3.8, 4) is 5.75 Å². The lowest BCUT2D eigenvalue weighted by Crippen LogP contribution is -2.03. The van der Waals surface area contributed by atoms with Gasteiger partial charge in [0.05, 0.1) is 5.69 Å². The highest BCUT2D eigenvalue weighted by Gasteiger charge is 2.18. The van der Waals surface area contributed by atoms with E-state index in [2.05, 4.69) is 4.98 Å². The summed E-state index contributed by atoms with van der Waals surface area (Å²) in [6.45, 7) is 2.08. The van der Waals surface area contributed by atoms with Gasteiger partial charge in [0.25, 0.3) is 0 Å². The minimum atomic E-state index is -0.919. The Morgan fingerprint density at radius 3 is 2.86 bits per heavy atom. The molecule has 0 radical (unpaired) electrons. The number of pyridine rings is 1. The van der Waals surface area contributed by atoms with Crippen molar-refractivity contribution < 1.29 is 14.6 Å². The Morgan fingerprint density at radius 2 is 2.10 bits per heavy atom. The maximum Gasteiger partial charge on any atom is 0.346 e. The molecule has 21 heavy (non-hydrogen) atoms. The highest BCUT2D eigenvalue weighted by atomic mass is 32.1. The Balaban J connectivity index is 1.98. The number of carbonyl (C=O) groups is 1. The van der Waals surface area contributed by atoms with Crippen LogP contribution < -0.4 is 4.74 Å². The quantitative estimate of drug-likeness (QED) is 0.794. The molecule has 0 aliphatic heterocycles. The number of nitrogens with zero attached hydrogens (tertiary/aromatic N) is 1. The van der Waals surface area contributed by atoms with Crippen LogP contribution in [-0.2, 0) is 6.61 Å². The van der Waals surface area contributed by atoms with Crippen LogP contribution in [0.25, 0.3) is 10.1 Å². The van der Waals surface area contributed by atoms with Crippen LogP contribution in [0.2, 0.25) is 0 Å². The van der Waals surface area contributed by atoms with E-state index in [-0.39, 0.29) is 6.61 Å². The van der Waals surface area contributed by atoms with E-state index in [1.807, 2.05) is 37.3 Å². The highest BCUT2D eigenvalue weighted by Crippen LogP contribution is 2.32. The summed E-state index contributed by atoms with van der Waals surface area (Å²) in [7, 11) is 0. The molecule has 0 amide bonds. The summed E-state index contributed by atoms with van der Waals surface area (Å²) in [5.41, 5.74) is 1.50. The Kier molecular flexibility index (Phi) is 3.58. The van der Waals surface area contributed by atoms with Gasteiger partial charge < -0.3 is 9.84 Å². The van der Waals surface area contributed by atoms with Gasteiger partial charge in [0.15, 0.2) is 0 Å². The second-order valence-corrected chi connectivity index (χ2v) is 5.64. The van der Waals surface area contributed by atoms with Crippen LogP contribution in [0.1, 0.15) is 20.9 Å².